The van der Waals surface area contributed by atoms with Crippen molar-refractivity contribution in [2.45, 2.75) is 118 Å². The van der Waals surface area contributed by atoms with E-state index in [2.05, 4.69) is 27.7 Å². The number of nitro groups is 1. The maximum absolute atomic E-state index is 13.1. The first-order valence-electron chi connectivity index (χ1n) is 16.9. The number of benzene rings is 1. The Labute approximate surface area is 272 Å². The van der Waals surface area contributed by atoms with Crippen LogP contribution in [0.4, 0.5) is 5.69 Å². The molecule has 4 saturated carbocycles. The maximum Gasteiger partial charge on any atom is 0.331 e. The molecule has 46 heavy (non-hydrogen) atoms. The fourth-order valence-corrected chi connectivity index (χ4v) is 11.0. The molecule has 0 spiro atoms. The standard InChI is InChI=1S/C37H51NO8/c1-20(2)25(23-9-8-10-24(17-23)38(44)45)11-12-26(34(42)43)32-28-18-30(41)33-35(5)15-14-29(40)21(3)27(35)13-16-36(33,6)37(28,7)19-31(32)46-22(4)39/h8-10,17,21,27-31,33,40-41H,11-16,18-19H2,1-7H3,(H,42,43)/b32-26-/t21-,27?,28?,29+,30+,31-,33-,35-,36-,37-/m0/s1. The van der Waals surface area contributed by atoms with E-state index in [4.69, 9.17) is 4.74 Å². The van der Waals surface area contributed by atoms with E-state index in [9.17, 15) is 35.0 Å². The first kappa shape index (κ1) is 34.3. The van der Waals surface area contributed by atoms with E-state index >= 15 is 0 Å². The molecule has 0 aliphatic heterocycles. The summed E-state index contributed by atoms with van der Waals surface area (Å²) in [5.74, 6) is -1.44. The zero-order valence-electron chi connectivity index (χ0n) is 28.3. The van der Waals surface area contributed by atoms with Gasteiger partial charge in [0.05, 0.1) is 17.1 Å². The van der Waals surface area contributed by atoms with Crippen LogP contribution in [0.2, 0.25) is 0 Å². The van der Waals surface area contributed by atoms with Crippen molar-refractivity contribution in [1.29, 1.82) is 0 Å². The van der Waals surface area contributed by atoms with E-state index in [1.807, 2.05) is 13.8 Å². The number of aliphatic hydroxyl groups excluding tert-OH is 2. The van der Waals surface area contributed by atoms with Gasteiger partial charge in [0.2, 0.25) is 0 Å². The molecule has 0 amide bonds. The Bertz CT molecular complexity index is 1480. The van der Waals surface area contributed by atoms with Gasteiger partial charge in [-0.05, 0) is 122 Å². The Hall–Kier alpha value is -3.04. The molecule has 1 aromatic carbocycles. The average Bonchev–Trinajstić information content (AvgIpc) is 3.24. The molecule has 9 nitrogen and oxygen atoms in total. The lowest BCUT2D eigenvalue weighted by Gasteiger charge is -2.69. The minimum absolute atomic E-state index is 0.0289. The summed E-state index contributed by atoms with van der Waals surface area (Å²) in [4.78, 5) is 36.6. The normalized spacial score (nSPS) is 39.4. The quantitative estimate of drug-likeness (QED) is 0.124. The topological polar surface area (TPSA) is 147 Å². The van der Waals surface area contributed by atoms with Crippen molar-refractivity contribution in [1.82, 2.24) is 0 Å². The van der Waals surface area contributed by atoms with Crippen molar-refractivity contribution >= 4 is 23.2 Å². The molecule has 4 aliphatic rings. The summed E-state index contributed by atoms with van der Waals surface area (Å²) in [6, 6.07) is 6.39. The minimum Gasteiger partial charge on any atom is -0.478 e. The molecule has 3 N–H and O–H groups in total. The molecule has 252 valence electrons. The highest BCUT2D eigenvalue weighted by Crippen LogP contribution is 2.74. The van der Waals surface area contributed by atoms with E-state index in [-0.39, 0.29) is 58.3 Å². The number of aliphatic carboxylic acids is 1. The number of nitrogens with zero attached hydrogens (tertiary/aromatic N) is 1. The molecule has 9 heteroatoms. The van der Waals surface area contributed by atoms with Crippen molar-refractivity contribution in [2.75, 3.05) is 0 Å². The number of non-ortho nitro benzene ring substituents is 1. The third-order valence-electron chi connectivity index (χ3n) is 13.3. The highest BCUT2D eigenvalue weighted by atomic mass is 16.6. The predicted molar refractivity (Wildman–Crippen MR) is 174 cm³/mol. The molecule has 1 aromatic rings. The molecular formula is C37H51NO8. The maximum atomic E-state index is 13.1. The Morgan fingerprint density at radius 3 is 2.33 bits per heavy atom. The lowest BCUT2D eigenvalue weighted by molar-refractivity contribution is -0.384. The number of carboxylic acids is 1. The summed E-state index contributed by atoms with van der Waals surface area (Å²) >= 11 is 0. The number of hydrogen-bond acceptors (Lipinski definition) is 7. The summed E-state index contributed by atoms with van der Waals surface area (Å²) < 4.78 is 5.95. The third-order valence-corrected chi connectivity index (χ3v) is 13.3. The summed E-state index contributed by atoms with van der Waals surface area (Å²) in [5.41, 5.74) is 2.28. The van der Waals surface area contributed by atoms with Crippen molar-refractivity contribution in [3.05, 3.63) is 56.7 Å². The zero-order chi connectivity index (χ0) is 33.9. The van der Waals surface area contributed by atoms with Crippen molar-refractivity contribution in [2.24, 2.45) is 39.9 Å². The molecule has 4 fully saturated rings. The van der Waals surface area contributed by atoms with Crippen molar-refractivity contribution < 1.29 is 34.6 Å². The monoisotopic (exact) mass is 637 g/mol. The van der Waals surface area contributed by atoms with Crippen LogP contribution in [-0.4, -0.2) is 50.5 Å². The second-order valence-corrected chi connectivity index (χ2v) is 15.6. The molecule has 2 unspecified atom stereocenters. The number of carboxylic acid groups (broad SMARTS) is 1. The number of carbonyl (C=O) groups is 2. The van der Waals surface area contributed by atoms with Gasteiger partial charge in [0.1, 0.15) is 6.10 Å². The van der Waals surface area contributed by atoms with Crippen LogP contribution in [0.25, 0.3) is 5.57 Å². The van der Waals surface area contributed by atoms with E-state index < -0.39 is 34.5 Å². The van der Waals surface area contributed by atoms with E-state index in [0.29, 0.717) is 36.8 Å². The van der Waals surface area contributed by atoms with Gasteiger partial charge in [-0.15, -0.1) is 0 Å². The molecule has 0 radical (unpaired) electrons. The average molecular weight is 638 g/mol. The van der Waals surface area contributed by atoms with Gasteiger partial charge in [-0.3, -0.25) is 14.9 Å². The number of carbonyl (C=O) groups excluding carboxylic acids is 1. The largest absolute Gasteiger partial charge is 0.478 e. The second kappa shape index (κ2) is 12.2. The predicted octanol–water partition coefficient (Wildman–Crippen LogP) is 7.10. The third kappa shape index (κ3) is 5.41. The number of nitro benzene ring substituents is 1. The van der Waals surface area contributed by atoms with Crippen LogP contribution in [0, 0.1) is 50.0 Å². The number of aliphatic hydroxyl groups is 2. The Morgan fingerprint density at radius 2 is 1.72 bits per heavy atom. The molecule has 0 saturated heterocycles. The second-order valence-electron chi connectivity index (χ2n) is 15.6. The van der Waals surface area contributed by atoms with Crippen molar-refractivity contribution in [3.63, 3.8) is 0 Å². The molecule has 4 aliphatic carbocycles. The molecule has 0 aromatic heterocycles. The van der Waals surface area contributed by atoms with Gasteiger partial charge in [-0.25, -0.2) is 4.79 Å². The fraction of sp³-hybridized carbons (Fsp3) is 0.676. The molecule has 0 heterocycles. The Morgan fingerprint density at radius 1 is 1.02 bits per heavy atom. The molecule has 10 atom stereocenters. The number of esters is 1. The minimum atomic E-state index is -1.07. The summed E-state index contributed by atoms with van der Waals surface area (Å²) in [6.07, 6.45) is 2.95. The van der Waals surface area contributed by atoms with Crippen LogP contribution in [0.5, 0.6) is 0 Å². The van der Waals surface area contributed by atoms with E-state index in [0.717, 1.165) is 30.4 Å². The first-order chi connectivity index (χ1) is 21.5. The van der Waals surface area contributed by atoms with Gasteiger partial charge in [0.25, 0.3) is 5.69 Å². The number of fused-ring (bicyclic) bond motifs is 5. The fourth-order valence-electron chi connectivity index (χ4n) is 11.0. The van der Waals surface area contributed by atoms with Crippen molar-refractivity contribution in [3.8, 4) is 0 Å². The van der Waals surface area contributed by atoms with Gasteiger partial charge in [0.15, 0.2) is 0 Å². The molecule has 0 bridgehead atoms. The van der Waals surface area contributed by atoms with Gasteiger partial charge in [0, 0.05) is 24.6 Å². The van der Waals surface area contributed by atoms with Crippen LogP contribution in [-0.2, 0) is 14.3 Å². The summed E-state index contributed by atoms with van der Waals surface area (Å²) in [7, 11) is 0. The first-order valence-corrected chi connectivity index (χ1v) is 16.9. The van der Waals surface area contributed by atoms with Crippen LogP contribution in [0.15, 0.2) is 41.0 Å². The number of rotatable bonds is 7. The lowest BCUT2D eigenvalue weighted by atomic mass is 9.36. The van der Waals surface area contributed by atoms with E-state index in [1.165, 1.54) is 19.1 Å². The van der Waals surface area contributed by atoms with Gasteiger partial charge in [-0.1, -0.05) is 45.4 Å². The number of hydrogen-bond donors (Lipinski definition) is 3. The lowest BCUT2D eigenvalue weighted by Crippen LogP contribution is -2.65. The van der Waals surface area contributed by atoms with E-state index in [1.54, 1.807) is 12.1 Å². The Balaban J connectivity index is 1.57. The SMILES string of the molecule is CC(=O)O[C@H]1C[C@@]2(C)C(C[C@@H](O)[C@H]3[C@@]4(C)CC[C@@H](O)[C@@H](C)C4CC[C@@]32C)/C1=C(\CCC(=C(C)C)c1cccc([N+](=O)[O-])c1)C(=O)O. The zero-order valence-corrected chi connectivity index (χ0v) is 28.3. The van der Waals surface area contributed by atoms with Gasteiger partial charge < -0.3 is 20.1 Å². The smallest absolute Gasteiger partial charge is 0.331 e. The highest BCUT2D eigenvalue weighted by molar-refractivity contribution is 5.89. The number of ether oxygens (including phenoxy) is 1. The van der Waals surface area contributed by atoms with Crippen LogP contribution < -0.4 is 0 Å². The van der Waals surface area contributed by atoms with Gasteiger partial charge >= 0.3 is 11.9 Å². The van der Waals surface area contributed by atoms with Crippen LogP contribution >= 0.6 is 0 Å². The molecular weight excluding hydrogens is 586 g/mol. The van der Waals surface area contributed by atoms with Crippen LogP contribution in [0.3, 0.4) is 0 Å². The summed E-state index contributed by atoms with van der Waals surface area (Å²) in [6.45, 7) is 14.1. The molecule has 5 rings (SSSR count). The summed E-state index contributed by atoms with van der Waals surface area (Å²) in [5, 5.41) is 45.1. The number of allylic oxidation sites excluding steroid dienone is 2. The van der Waals surface area contributed by atoms with Gasteiger partial charge in [-0.2, -0.15) is 0 Å². The van der Waals surface area contributed by atoms with Crippen LogP contribution in [0.1, 0.15) is 105 Å². The highest BCUT2D eigenvalue weighted by Gasteiger charge is 2.70. The Kier molecular flexibility index (Phi) is 9.10.